The second-order valence-corrected chi connectivity index (χ2v) is 3.10. The van der Waals surface area contributed by atoms with Gasteiger partial charge in [0, 0.05) is 0 Å². The normalized spacial score (nSPS) is 12.1. The van der Waals surface area contributed by atoms with Crippen molar-refractivity contribution in [3.63, 3.8) is 0 Å². The van der Waals surface area contributed by atoms with Crippen molar-refractivity contribution < 1.29 is 0 Å². The van der Waals surface area contributed by atoms with Crippen molar-refractivity contribution in [3.05, 3.63) is 35.4 Å². The molecule has 0 aliphatic rings. The largest absolute Gasteiger partial charge is 0.312 e. The van der Waals surface area contributed by atoms with Crippen LogP contribution in [0.1, 0.15) is 30.5 Å². The molecule has 1 aromatic rings. The Morgan fingerprint density at radius 1 is 1.38 bits per heavy atom. The second-order valence-electron chi connectivity index (χ2n) is 3.10. The van der Waals surface area contributed by atoms with Crippen LogP contribution < -0.4 is 5.73 Å². The number of nitrogens with two attached hydrogens (primary N) is 1. The fourth-order valence-electron chi connectivity index (χ4n) is 1.25. The molecule has 0 aromatic heterocycles. The van der Waals surface area contributed by atoms with Gasteiger partial charge < -0.3 is 5.73 Å². The van der Waals surface area contributed by atoms with E-state index in [1.54, 1.807) is 0 Å². The van der Waals surface area contributed by atoms with Crippen LogP contribution in [0.25, 0.3) is 0 Å². The van der Waals surface area contributed by atoms with Crippen LogP contribution in [-0.4, -0.2) is 0 Å². The fourth-order valence-corrected chi connectivity index (χ4v) is 1.25. The number of hydrogen-bond donors (Lipinski definition) is 1. The maximum absolute atomic E-state index is 8.59. The minimum absolute atomic E-state index is 0.490. The number of benzene rings is 1. The van der Waals surface area contributed by atoms with Crippen LogP contribution in [0.15, 0.2) is 24.3 Å². The zero-order chi connectivity index (χ0) is 9.68. The van der Waals surface area contributed by atoms with Crippen LogP contribution in [-0.2, 0) is 6.42 Å². The van der Waals surface area contributed by atoms with Gasteiger partial charge in [0.1, 0.15) is 6.04 Å². The van der Waals surface area contributed by atoms with Crippen molar-refractivity contribution in [1.29, 1.82) is 5.26 Å². The molecule has 0 saturated heterocycles. The fraction of sp³-hybridized carbons (Fsp3) is 0.364. The van der Waals surface area contributed by atoms with Gasteiger partial charge in [0.15, 0.2) is 0 Å². The molecule has 0 radical (unpaired) electrons. The van der Waals surface area contributed by atoms with Gasteiger partial charge in [-0.3, -0.25) is 0 Å². The summed E-state index contributed by atoms with van der Waals surface area (Å²) in [5.74, 6) is 0. The van der Waals surface area contributed by atoms with Gasteiger partial charge in [0.05, 0.1) is 6.07 Å². The highest BCUT2D eigenvalue weighted by Gasteiger charge is 2.02. The molecule has 1 atom stereocenters. The van der Waals surface area contributed by atoms with Gasteiger partial charge in [-0.15, -0.1) is 0 Å². The smallest absolute Gasteiger partial charge is 0.118 e. The monoisotopic (exact) mass is 174 g/mol. The van der Waals surface area contributed by atoms with Crippen LogP contribution in [0.2, 0.25) is 0 Å². The minimum Gasteiger partial charge on any atom is -0.312 e. The summed E-state index contributed by atoms with van der Waals surface area (Å²) in [5.41, 5.74) is 7.75. The van der Waals surface area contributed by atoms with Crippen molar-refractivity contribution >= 4 is 0 Å². The Hall–Kier alpha value is -1.33. The zero-order valence-electron chi connectivity index (χ0n) is 7.83. The maximum atomic E-state index is 8.59. The summed E-state index contributed by atoms with van der Waals surface area (Å²) in [4.78, 5) is 0. The molecule has 2 heteroatoms. The Labute approximate surface area is 79.0 Å². The van der Waals surface area contributed by atoms with Crippen LogP contribution >= 0.6 is 0 Å². The lowest BCUT2D eigenvalue weighted by atomic mass is 10.0. The molecule has 0 fully saturated rings. The molecule has 1 rings (SSSR count). The molecule has 0 spiro atoms. The number of rotatable bonds is 3. The first-order chi connectivity index (χ1) is 6.27. The highest BCUT2D eigenvalue weighted by molar-refractivity contribution is 5.27. The Morgan fingerprint density at radius 2 is 2.00 bits per heavy atom. The van der Waals surface area contributed by atoms with E-state index in [2.05, 4.69) is 6.92 Å². The molecule has 68 valence electrons. The van der Waals surface area contributed by atoms with Gasteiger partial charge >= 0.3 is 0 Å². The summed E-state index contributed by atoms with van der Waals surface area (Å²) >= 11 is 0. The van der Waals surface area contributed by atoms with Gasteiger partial charge in [0.25, 0.3) is 0 Å². The molecule has 0 heterocycles. The summed E-state index contributed by atoms with van der Waals surface area (Å²) in [6, 6.07) is 9.45. The molecule has 0 saturated carbocycles. The van der Waals surface area contributed by atoms with Crippen molar-refractivity contribution in [2.24, 2.45) is 5.73 Å². The average Bonchev–Trinajstić information content (AvgIpc) is 2.18. The molecule has 0 aliphatic heterocycles. The lowest BCUT2D eigenvalue weighted by Gasteiger charge is -2.04. The summed E-state index contributed by atoms with van der Waals surface area (Å²) in [6.45, 7) is 2.15. The molecular weight excluding hydrogens is 160 g/mol. The lowest BCUT2D eigenvalue weighted by molar-refractivity contribution is 0.903. The van der Waals surface area contributed by atoms with E-state index in [9.17, 15) is 0 Å². The van der Waals surface area contributed by atoms with Gasteiger partial charge in [0.2, 0.25) is 0 Å². The molecule has 0 aliphatic carbocycles. The SMILES string of the molecule is CCCc1ccc([C@@H](N)C#N)cc1. The van der Waals surface area contributed by atoms with Gasteiger partial charge in [-0.2, -0.15) is 5.26 Å². The number of nitrogens with zero attached hydrogens (tertiary/aromatic N) is 1. The topological polar surface area (TPSA) is 49.8 Å². The summed E-state index contributed by atoms with van der Waals surface area (Å²) in [5, 5.41) is 8.59. The average molecular weight is 174 g/mol. The highest BCUT2D eigenvalue weighted by Crippen LogP contribution is 2.11. The predicted molar refractivity (Wildman–Crippen MR) is 53.0 cm³/mol. The van der Waals surface area contributed by atoms with E-state index in [1.807, 2.05) is 30.3 Å². The standard InChI is InChI=1S/C11H14N2/c1-2-3-9-4-6-10(7-5-9)11(13)8-12/h4-7,11H,2-3,13H2,1H3/t11-/m0/s1. The van der Waals surface area contributed by atoms with E-state index in [0.29, 0.717) is 0 Å². The van der Waals surface area contributed by atoms with Crippen molar-refractivity contribution in [3.8, 4) is 6.07 Å². The second kappa shape index (κ2) is 4.64. The maximum Gasteiger partial charge on any atom is 0.118 e. The van der Waals surface area contributed by atoms with E-state index in [1.165, 1.54) is 5.56 Å². The third-order valence-corrected chi connectivity index (χ3v) is 2.02. The van der Waals surface area contributed by atoms with Crippen LogP contribution in [0, 0.1) is 11.3 Å². The molecular formula is C11H14N2. The number of aryl methyl sites for hydroxylation is 1. The molecule has 2 nitrogen and oxygen atoms in total. The van der Waals surface area contributed by atoms with Crippen LogP contribution in [0.4, 0.5) is 0 Å². The molecule has 13 heavy (non-hydrogen) atoms. The van der Waals surface area contributed by atoms with Crippen LogP contribution in [0.5, 0.6) is 0 Å². The Bertz CT molecular complexity index is 295. The lowest BCUT2D eigenvalue weighted by Crippen LogP contribution is -2.06. The van der Waals surface area contributed by atoms with Crippen LogP contribution in [0.3, 0.4) is 0 Å². The first kappa shape index (κ1) is 9.76. The highest BCUT2D eigenvalue weighted by atomic mass is 14.6. The van der Waals surface area contributed by atoms with Gasteiger partial charge in [-0.1, -0.05) is 37.6 Å². The number of hydrogen-bond acceptors (Lipinski definition) is 2. The van der Waals surface area contributed by atoms with Gasteiger partial charge in [-0.25, -0.2) is 0 Å². The summed E-state index contributed by atoms with van der Waals surface area (Å²) in [6.07, 6.45) is 2.23. The molecule has 0 bridgehead atoms. The quantitative estimate of drug-likeness (QED) is 0.763. The van der Waals surface area contributed by atoms with Crippen molar-refractivity contribution in [1.82, 2.24) is 0 Å². The Morgan fingerprint density at radius 3 is 2.46 bits per heavy atom. The molecule has 2 N–H and O–H groups in total. The first-order valence-electron chi connectivity index (χ1n) is 4.52. The number of nitriles is 1. The zero-order valence-corrected chi connectivity index (χ0v) is 7.83. The van der Waals surface area contributed by atoms with E-state index in [-0.39, 0.29) is 0 Å². The molecule has 0 amide bonds. The Kier molecular flexibility index (Phi) is 3.48. The molecule has 0 unspecified atom stereocenters. The van der Waals surface area contributed by atoms with Crippen molar-refractivity contribution in [2.75, 3.05) is 0 Å². The summed E-state index contributed by atoms with van der Waals surface area (Å²) in [7, 11) is 0. The third-order valence-electron chi connectivity index (χ3n) is 2.02. The van der Waals surface area contributed by atoms with E-state index < -0.39 is 6.04 Å². The van der Waals surface area contributed by atoms with Gasteiger partial charge in [-0.05, 0) is 17.5 Å². The summed E-state index contributed by atoms with van der Waals surface area (Å²) < 4.78 is 0. The van der Waals surface area contributed by atoms with E-state index >= 15 is 0 Å². The molecule has 1 aromatic carbocycles. The first-order valence-corrected chi connectivity index (χ1v) is 4.52. The predicted octanol–water partition coefficient (Wildman–Crippen LogP) is 2.16. The van der Waals surface area contributed by atoms with E-state index in [4.69, 9.17) is 11.0 Å². The van der Waals surface area contributed by atoms with E-state index in [0.717, 1.165) is 18.4 Å². The minimum atomic E-state index is -0.490. The van der Waals surface area contributed by atoms with Crippen molar-refractivity contribution in [2.45, 2.75) is 25.8 Å². The third kappa shape index (κ3) is 2.57. The Balaban J connectivity index is 2.76.